The van der Waals surface area contributed by atoms with Gasteiger partial charge < -0.3 is 14.2 Å². The number of carbonyl (C=O) groups is 3. The molecule has 6 nitrogen and oxygen atoms in total. The molecule has 0 amide bonds. The van der Waals surface area contributed by atoms with Crippen molar-refractivity contribution >= 4 is 17.9 Å². The maximum atomic E-state index is 13.0. The maximum absolute atomic E-state index is 13.0. The molecule has 79 heavy (non-hydrogen) atoms. The van der Waals surface area contributed by atoms with Crippen LogP contribution in [-0.4, -0.2) is 37.2 Å². The molecule has 0 bridgehead atoms. The van der Waals surface area contributed by atoms with E-state index in [-0.39, 0.29) is 31.1 Å². The standard InChI is InChI=1S/C73H136O6/c1-4-7-10-13-16-19-22-25-28-31-34-36-39-42-45-48-51-54-57-60-63-66-72(75)78-69-70(68-77-71(74)65-62-59-56-53-50-47-44-41-38-33-30-27-24-21-18-15-12-9-6-3)79-73(76)67-64-61-58-55-52-49-46-43-40-37-35-32-29-26-23-20-17-14-11-8-5-2/h25-30,70H,4-24,31-69H2,1-3H3/b28-25-,29-26-,30-27-/t70-/m0/s1. The van der Waals surface area contributed by atoms with Gasteiger partial charge >= 0.3 is 17.9 Å². The highest BCUT2D eigenvalue weighted by Crippen LogP contribution is 2.18. The summed E-state index contributed by atoms with van der Waals surface area (Å²) >= 11 is 0. The number of esters is 3. The quantitative estimate of drug-likeness (QED) is 0.0261. The van der Waals surface area contributed by atoms with Crippen LogP contribution in [0.2, 0.25) is 0 Å². The van der Waals surface area contributed by atoms with Gasteiger partial charge in [0.05, 0.1) is 0 Å². The van der Waals surface area contributed by atoms with E-state index < -0.39 is 6.10 Å². The number of ether oxygens (including phenoxy) is 3. The number of carbonyl (C=O) groups excluding carboxylic acids is 3. The molecule has 0 rings (SSSR count). The van der Waals surface area contributed by atoms with E-state index >= 15 is 0 Å². The van der Waals surface area contributed by atoms with Gasteiger partial charge in [0, 0.05) is 19.3 Å². The zero-order chi connectivity index (χ0) is 57.1. The first-order valence-electron chi connectivity index (χ1n) is 35.5. The fraction of sp³-hybridized carbons (Fsp3) is 0.877. The van der Waals surface area contributed by atoms with Crippen molar-refractivity contribution in [3.63, 3.8) is 0 Å². The van der Waals surface area contributed by atoms with Crippen LogP contribution in [0.3, 0.4) is 0 Å². The van der Waals surface area contributed by atoms with Gasteiger partial charge in [-0.15, -0.1) is 0 Å². The second-order valence-electron chi connectivity index (χ2n) is 24.1. The monoisotopic (exact) mass is 1110 g/mol. The second-order valence-corrected chi connectivity index (χ2v) is 24.1. The van der Waals surface area contributed by atoms with Crippen molar-refractivity contribution in [3.05, 3.63) is 36.5 Å². The molecule has 0 N–H and O–H groups in total. The minimum Gasteiger partial charge on any atom is -0.462 e. The molecule has 0 spiro atoms. The molecule has 0 aliphatic heterocycles. The fourth-order valence-electron chi connectivity index (χ4n) is 10.7. The third-order valence-electron chi connectivity index (χ3n) is 16.1. The van der Waals surface area contributed by atoms with E-state index in [2.05, 4.69) is 57.2 Å². The summed E-state index contributed by atoms with van der Waals surface area (Å²) in [7, 11) is 0. The van der Waals surface area contributed by atoms with Gasteiger partial charge in [0.25, 0.3) is 0 Å². The van der Waals surface area contributed by atoms with Gasteiger partial charge in [-0.1, -0.05) is 314 Å². The van der Waals surface area contributed by atoms with Crippen molar-refractivity contribution in [1.82, 2.24) is 0 Å². The highest BCUT2D eigenvalue weighted by Gasteiger charge is 2.19. The average Bonchev–Trinajstić information content (AvgIpc) is 3.45. The number of rotatable bonds is 66. The summed E-state index contributed by atoms with van der Waals surface area (Å²) in [6.07, 6.45) is 84.5. The van der Waals surface area contributed by atoms with Crippen LogP contribution in [0.1, 0.15) is 393 Å². The van der Waals surface area contributed by atoms with E-state index in [0.717, 1.165) is 57.8 Å². The topological polar surface area (TPSA) is 78.9 Å². The third-order valence-corrected chi connectivity index (χ3v) is 16.1. The van der Waals surface area contributed by atoms with Crippen LogP contribution in [0.15, 0.2) is 36.5 Å². The smallest absolute Gasteiger partial charge is 0.306 e. The molecule has 0 radical (unpaired) electrons. The highest BCUT2D eigenvalue weighted by atomic mass is 16.6. The van der Waals surface area contributed by atoms with Gasteiger partial charge in [-0.25, -0.2) is 0 Å². The summed E-state index contributed by atoms with van der Waals surface area (Å²) in [6.45, 7) is 6.70. The third kappa shape index (κ3) is 66.3. The lowest BCUT2D eigenvalue weighted by molar-refractivity contribution is -0.167. The summed E-state index contributed by atoms with van der Waals surface area (Å²) < 4.78 is 17.0. The molecular weight excluding hydrogens is 973 g/mol. The molecule has 0 aromatic heterocycles. The Labute approximate surface area is 493 Å². The number of unbranched alkanes of at least 4 members (excludes halogenated alkanes) is 49. The van der Waals surface area contributed by atoms with E-state index in [1.165, 1.54) is 295 Å². The summed E-state index contributed by atoms with van der Waals surface area (Å²) in [4.78, 5) is 38.5. The molecule has 0 unspecified atom stereocenters. The first-order valence-corrected chi connectivity index (χ1v) is 35.5. The molecule has 0 aliphatic rings. The molecule has 0 fully saturated rings. The summed E-state index contributed by atoms with van der Waals surface area (Å²) in [6, 6.07) is 0. The summed E-state index contributed by atoms with van der Waals surface area (Å²) in [5.74, 6) is -0.844. The van der Waals surface area contributed by atoms with Gasteiger partial charge in [-0.3, -0.25) is 14.4 Å². The number of allylic oxidation sites excluding steroid dienone is 6. The van der Waals surface area contributed by atoms with Crippen molar-refractivity contribution in [3.8, 4) is 0 Å². The largest absolute Gasteiger partial charge is 0.462 e. The van der Waals surface area contributed by atoms with Crippen LogP contribution >= 0.6 is 0 Å². The van der Waals surface area contributed by atoms with Crippen LogP contribution in [-0.2, 0) is 28.6 Å². The normalized spacial score (nSPS) is 12.2. The number of hydrogen-bond donors (Lipinski definition) is 0. The van der Waals surface area contributed by atoms with Crippen LogP contribution < -0.4 is 0 Å². The Bertz CT molecular complexity index is 1320. The molecule has 0 heterocycles. The molecule has 0 aromatic carbocycles. The average molecular weight is 1110 g/mol. The van der Waals surface area contributed by atoms with Crippen molar-refractivity contribution in [2.75, 3.05) is 13.2 Å². The van der Waals surface area contributed by atoms with Crippen LogP contribution in [0.5, 0.6) is 0 Å². The predicted octanol–water partition coefficient (Wildman–Crippen LogP) is 24.3. The molecule has 6 heteroatoms. The molecule has 0 aliphatic carbocycles. The van der Waals surface area contributed by atoms with Gasteiger partial charge in [-0.2, -0.15) is 0 Å². The summed E-state index contributed by atoms with van der Waals surface area (Å²) in [5, 5.41) is 0. The van der Waals surface area contributed by atoms with Crippen molar-refractivity contribution < 1.29 is 28.6 Å². The Morgan fingerprint density at radius 1 is 0.241 bits per heavy atom. The van der Waals surface area contributed by atoms with Crippen molar-refractivity contribution in [2.24, 2.45) is 0 Å². The minimum absolute atomic E-state index is 0.0693. The Morgan fingerprint density at radius 3 is 0.633 bits per heavy atom. The Morgan fingerprint density at radius 2 is 0.418 bits per heavy atom. The Balaban J connectivity index is 4.32. The van der Waals surface area contributed by atoms with E-state index in [0.29, 0.717) is 19.3 Å². The van der Waals surface area contributed by atoms with Gasteiger partial charge in [0.1, 0.15) is 13.2 Å². The van der Waals surface area contributed by atoms with Crippen molar-refractivity contribution in [1.29, 1.82) is 0 Å². The van der Waals surface area contributed by atoms with Crippen LogP contribution in [0.25, 0.3) is 0 Å². The molecular formula is C73H136O6. The maximum Gasteiger partial charge on any atom is 0.306 e. The molecule has 0 saturated carbocycles. The van der Waals surface area contributed by atoms with Gasteiger partial charge in [-0.05, 0) is 96.3 Å². The van der Waals surface area contributed by atoms with Gasteiger partial charge in [0.2, 0.25) is 0 Å². The first-order chi connectivity index (χ1) is 39.0. The lowest BCUT2D eigenvalue weighted by atomic mass is 10.0. The lowest BCUT2D eigenvalue weighted by Crippen LogP contribution is -2.30. The van der Waals surface area contributed by atoms with E-state index in [1.807, 2.05) is 0 Å². The molecule has 1 atom stereocenters. The first kappa shape index (κ1) is 76.6. The second kappa shape index (κ2) is 68.1. The van der Waals surface area contributed by atoms with E-state index in [1.54, 1.807) is 0 Å². The SMILES string of the molecule is CCCCCCCC/C=C\CCCCCCCCCCCCCC(=O)OC[C@H](COC(=O)CCCCCCCCCCC/C=C\CCCCCCCC)OC(=O)CCCCCCCCCCCCC/C=C\CCCCCCCC. The Hall–Kier alpha value is -2.37. The lowest BCUT2D eigenvalue weighted by Gasteiger charge is -2.18. The zero-order valence-electron chi connectivity index (χ0n) is 53.4. The van der Waals surface area contributed by atoms with Crippen LogP contribution in [0.4, 0.5) is 0 Å². The molecule has 0 saturated heterocycles. The highest BCUT2D eigenvalue weighted by molar-refractivity contribution is 5.71. The molecule has 464 valence electrons. The van der Waals surface area contributed by atoms with Crippen molar-refractivity contribution in [2.45, 2.75) is 399 Å². The van der Waals surface area contributed by atoms with E-state index in [4.69, 9.17) is 14.2 Å². The summed E-state index contributed by atoms with van der Waals surface area (Å²) in [5.41, 5.74) is 0. The number of hydrogen-bond acceptors (Lipinski definition) is 6. The molecule has 0 aromatic rings. The predicted molar refractivity (Wildman–Crippen MR) is 344 cm³/mol. The fourth-order valence-corrected chi connectivity index (χ4v) is 10.7. The van der Waals surface area contributed by atoms with Crippen LogP contribution in [0, 0.1) is 0 Å². The van der Waals surface area contributed by atoms with E-state index in [9.17, 15) is 14.4 Å². The minimum atomic E-state index is -0.774. The zero-order valence-corrected chi connectivity index (χ0v) is 53.4. The van der Waals surface area contributed by atoms with Gasteiger partial charge in [0.15, 0.2) is 6.10 Å². The Kier molecular flexibility index (Phi) is 66.1.